The molecule has 3 rings (SSSR count). The molecule has 0 saturated carbocycles. The number of aromatic nitrogens is 2. The Hall–Kier alpha value is -2.54. The number of carbonyl (C=O) groups excluding carboxylic acids is 1. The second-order valence-corrected chi connectivity index (χ2v) is 6.76. The molecular formula is C19H18Cl2N4O2. The molecule has 4 N–H and O–H groups in total. The minimum absolute atomic E-state index is 0.306. The Morgan fingerprint density at radius 2 is 2.07 bits per heavy atom. The van der Waals surface area contributed by atoms with Crippen molar-refractivity contribution in [3.63, 3.8) is 0 Å². The Bertz CT molecular complexity index is 945. The second kappa shape index (κ2) is 8.43. The van der Waals surface area contributed by atoms with Crippen LogP contribution in [0.3, 0.4) is 0 Å². The number of hydrogen-bond acceptors (Lipinski definition) is 4. The van der Waals surface area contributed by atoms with Crippen LogP contribution in [0.25, 0.3) is 11.1 Å². The number of nitrogens with one attached hydrogen (secondary N) is 2. The highest BCUT2D eigenvalue weighted by Gasteiger charge is 2.16. The van der Waals surface area contributed by atoms with Gasteiger partial charge in [-0.3, -0.25) is 9.89 Å². The van der Waals surface area contributed by atoms with Gasteiger partial charge in [0.1, 0.15) is 5.75 Å². The minimum atomic E-state index is -0.734. The number of ether oxygens (including phenoxy) is 1. The molecule has 0 aliphatic rings. The fourth-order valence-corrected chi connectivity index (χ4v) is 2.97. The zero-order chi connectivity index (χ0) is 19.4. The van der Waals surface area contributed by atoms with E-state index in [1.807, 2.05) is 6.07 Å². The molecule has 1 aromatic heterocycles. The third kappa shape index (κ3) is 4.60. The standard InChI is InChI=1S/C19H18Cl2N4O2/c1-27-18-8-13(3-4-14(18)12-9-23-24-10-12)25-19(26)17(22)7-11-2-5-15(20)16(21)6-11/h2-6,8-10,17H,7,22H2,1H3,(H,23,24)(H,25,26). The Kier molecular flexibility index (Phi) is 6.01. The Labute approximate surface area is 166 Å². The topological polar surface area (TPSA) is 93.0 Å². The first kappa shape index (κ1) is 19.2. The Morgan fingerprint density at radius 3 is 2.74 bits per heavy atom. The fourth-order valence-electron chi connectivity index (χ4n) is 2.65. The number of benzene rings is 2. The van der Waals surface area contributed by atoms with Crippen LogP contribution in [0.15, 0.2) is 48.8 Å². The summed E-state index contributed by atoms with van der Waals surface area (Å²) in [5, 5.41) is 10.4. The van der Waals surface area contributed by atoms with Crippen LogP contribution in [0.2, 0.25) is 10.0 Å². The second-order valence-electron chi connectivity index (χ2n) is 5.95. The molecule has 1 unspecified atom stereocenters. The summed E-state index contributed by atoms with van der Waals surface area (Å²) in [5.41, 5.74) is 9.21. The molecule has 1 atom stereocenters. The fraction of sp³-hybridized carbons (Fsp3) is 0.158. The number of H-pyrrole nitrogens is 1. The highest BCUT2D eigenvalue weighted by molar-refractivity contribution is 6.42. The first-order valence-electron chi connectivity index (χ1n) is 8.15. The lowest BCUT2D eigenvalue weighted by atomic mass is 10.1. The lowest BCUT2D eigenvalue weighted by Gasteiger charge is -2.14. The molecule has 0 spiro atoms. The minimum Gasteiger partial charge on any atom is -0.496 e. The monoisotopic (exact) mass is 404 g/mol. The molecule has 27 heavy (non-hydrogen) atoms. The number of anilines is 1. The molecule has 0 bridgehead atoms. The maximum Gasteiger partial charge on any atom is 0.241 e. The van der Waals surface area contributed by atoms with Gasteiger partial charge in [-0.1, -0.05) is 29.3 Å². The molecule has 3 aromatic rings. The van der Waals surface area contributed by atoms with Crippen molar-refractivity contribution in [1.29, 1.82) is 0 Å². The van der Waals surface area contributed by atoms with Crippen LogP contribution in [0.4, 0.5) is 5.69 Å². The Balaban J connectivity index is 1.70. The zero-order valence-corrected chi connectivity index (χ0v) is 16.0. The van der Waals surface area contributed by atoms with E-state index in [2.05, 4.69) is 15.5 Å². The van der Waals surface area contributed by atoms with E-state index in [1.54, 1.807) is 49.8 Å². The van der Waals surface area contributed by atoms with Crippen LogP contribution >= 0.6 is 23.2 Å². The highest BCUT2D eigenvalue weighted by Crippen LogP contribution is 2.32. The van der Waals surface area contributed by atoms with E-state index in [0.29, 0.717) is 27.9 Å². The molecule has 0 saturated heterocycles. The van der Waals surface area contributed by atoms with Crippen LogP contribution in [-0.4, -0.2) is 29.3 Å². The van der Waals surface area contributed by atoms with Gasteiger partial charge in [0.15, 0.2) is 0 Å². The van der Waals surface area contributed by atoms with E-state index < -0.39 is 6.04 Å². The molecule has 0 aliphatic heterocycles. The number of halogens is 2. The summed E-state index contributed by atoms with van der Waals surface area (Å²) in [4.78, 5) is 12.4. The molecule has 1 heterocycles. The van der Waals surface area contributed by atoms with Crippen molar-refractivity contribution in [2.24, 2.45) is 5.73 Å². The van der Waals surface area contributed by atoms with Crippen molar-refractivity contribution in [2.45, 2.75) is 12.5 Å². The summed E-state index contributed by atoms with van der Waals surface area (Å²) in [5.74, 6) is 0.312. The molecule has 0 fully saturated rings. The van der Waals surface area contributed by atoms with Crippen molar-refractivity contribution in [1.82, 2.24) is 10.2 Å². The smallest absolute Gasteiger partial charge is 0.241 e. The van der Waals surface area contributed by atoms with Gasteiger partial charge in [-0.2, -0.15) is 5.10 Å². The number of nitrogens with zero attached hydrogens (tertiary/aromatic N) is 1. The van der Waals surface area contributed by atoms with E-state index in [4.69, 9.17) is 33.7 Å². The number of nitrogens with two attached hydrogens (primary N) is 1. The number of carbonyl (C=O) groups is 1. The summed E-state index contributed by atoms with van der Waals surface area (Å²) in [6, 6.07) is 9.83. The number of hydrogen-bond donors (Lipinski definition) is 3. The molecule has 2 aromatic carbocycles. The number of methoxy groups -OCH3 is 1. The van der Waals surface area contributed by atoms with Gasteiger partial charge in [0.25, 0.3) is 0 Å². The quantitative estimate of drug-likeness (QED) is 0.580. The SMILES string of the molecule is COc1cc(NC(=O)C(N)Cc2ccc(Cl)c(Cl)c2)ccc1-c1cn[nH]c1. The summed E-state index contributed by atoms with van der Waals surface area (Å²) in [7, 11) is 1.57. The Morgan fingerprint density at radius 1 is 1.26 bits per heavy atom. The number of aromatic amines is 1. The molecular weight excluding hydrogens is 387 g/mol. The van der Waals surface area contributed by atoms with Crippen LogP contribution in [0.5, 0.6) is 5.75 Å². The van der Waals surface area contributed by atoms with Gasteiger partial charge in [-0.25, -0.2) is 0 Å². The van der Waals surface area contributed by atoms with E-state index in [9.17, 15) is 4.79 Å². The largest absolute Gasteiger partial charge is 0.496 e. The maximum atomic E-state index is 12.4. The number of amides is 1. The van der Waals surface area contributed by atoms with Crippen LogP contribution in [-0.2, 0) is 11.2 Å². The van der Waals surface area contributed by atoms with Gasteiger partial charge in [-0.15, -0.1) is 0 Å². The van der Waals surface area contributed by atoms with Crippen LogP contribution < -0.4 is 15.8 Å². The van der Waals surface area contributed by atoms with E-state index in [0.717, 1.165) is 16.7 Å². The summed E-state index contributed by atoms with van der Waals surface area (Å²) < 4.78 is 5.42. The van der Waals surface area contributed by atoms with Crippen LogP contribution in [0, 0.1) is 0 Å². The lowest BCUT2D eigenvalue weighted by Crippen LogP contribution is -2.37. The summed E-state index contributed by atoms with van der Waals surface area (Å²) in [6.07, 6.45) is 3.81. The molecule has 8 heteroatoms. The predicted octanol–water partition coefficient (Wildman–Crippen LogP) is 3.90. The highest BCUT2D eigenvalue weighted by atomic mass is 35.5. The van der Waals surface area contributed by atoms with E-state index >= 15 is 0 Å². The summed E-state index contributed by atoms with van der Waals surface area (Å²) in [6.45, 7) is 0. The maximum absolute atomic E-state index is 12.4. The van der Waals surface area contributed by atoms with Gasteiger partial charge in [0.2, 0.25) is 5.91 Å². The molecule has 0 radical (unpaired) electrons. The third-order valence-electron chi connectivity index (χ3n) is 4.05. The zero-order valence-electron chi connectivity index (χ0n) is 14.5. The molecule has 6 nitrogen and oxygen atoms in total. The molecule has 0 aliphatic carbocycles. The predicted molar refractivity (Wildman–Crippen MR) is 107 cm³/mol. The van der Waals surface area contributed by atoms with E-state index in [1.165, 1.54) is 0 Å². The van der Waals surface area contributed by atoms with Gasteiger partial charge in [0.05, 0.1) is 29.4 Å². The third-order valence-corrected chi connectivity index (χ3v) is 4.79. The molecule has 140 valence electrons. The van der Waals surface area contributed by atoms with Crippen LogP contribution in [0.1, 0.15) is 5.56 Å². The average molecular weight is 405 g/mol. The van der Waals surface area contributed by atoms with Crippen molar-refractivity contribution in [3.05, 3.63) is 64.4 Å². The summed E-state index contributed by atoms with van der Waals surface area (Å²) >= 11 is 11.9. The first-order valence-corrected chi connectivity index (χ1v) is 8.91. The van der Waals surface area contributed by atoms with Gasteiger partial charge < -0.3 is 15.8 Å². The normalized spacial score (nSPS) is 11.9. The molecule has 1 amide bonds. The van der Waals surface area contributed by atoms with Crippen molar-refractivity contribution in [3.8, 4) is 16.9 Å². The van der Waals surface area contributed by atoms with Gasteiger partial charge >= 0.3 is 0 Å². The number of rotatable bonds is 6. The van der Waals surface area contributed by atoms with Gasteiger partial charge in [-0.05, 0) is 36.2 Å². The van der Waals surface area contributed by atoms with E-state index in [-0.39, 0.29) is 5.91 Å². The van der Waals surface area contributed by atoms with Crippen molar-refractivity contribution >= 4 is 34.8 Å². The first-order chi connectivity index (χ1) is 13.0. The van der Waals surface area contributed by atoms with Crippen molar-refractivity contribution in [2.75, 3.05) is 12.4 Å². The van der Waals surface area contributed by atoms with Gasteiger partial charge in [0, 0.05) is 29.1 Å². The average Bonchev–Trinajstić information content (AvgIpc) is 3.19. The lowest BCUT2D eigenvalue weighted by molar-refractivity contribution is -0.117. The van der Waals surface area contributed by atoms with Crippen molar-refractivity contribution < 1.29 is 9.53 Å².